The van der Waals surface area contributed by atoms with Crippen molar-refractivity contribution < 1.29 is 4.39 Å². The third-order valence-corrected chi connectivity index (χ3v) is 4.93. The largest absolute Gasteiger partial charge is 0.320 e. The molecule has 2 aromatic rings. The fraction of sp³-hybridized carbons (Fsp3) is 0.333. The molecule has 1 aromatic carbocycles. The molecule has 0 bridgehead atoms. The summed E-state index contributed by atoms with van der Waals surface area (Å²) in [6.07, 6.45) is 3.64. The Hall–Kier alpha value is -1.19. The third-order valence-electron chi connectivity index (χ3n) is 3.61. The molecule has 0 aliphatic heterocycles. The number of hydrogen-bond acceptors (Lipinski definition) is 2. The van der Waals surface area contributed by atoms with E-state index in [0.717, 1.165) is 5.56 Å². The van der Waals surface area contributed by atoms with E-state index in [9.17, 15) is 4.39 Å². The topological polar surface area (TPSA) is 26.0 Å². The molecule has 1 aromatic heterocycles. The highest BCUT2D eigenvalue weighted by Crippen LogP contribution is 2.35. The van der Waals surface area contributed by atoms with Crippen molar-refractivity contribution in [1.29, 1.82) is 0 Å². The smallest absolute Gasteiger partial charge is 0.126 e. The van der Waals surface area contributed by atoms with E-state index < -0.39 is 0 Å². The first-order valence-corrected chi connectivity index (χ1v) is 7.10. The maximum atomic E-state index is 13.3. The second-order valence-electron chi connectivity index (χ2n) is 4.94. The van der Waals surface area contributed by atoms with Crippen LogP contribution in [0.2, 0.25) is 0 Å². The van der Waals surface area contributed by atoms with Gasteiger partial charge in [-0.1, -0.05) is 12.1 Å². The van der Waals surface area contributed by atoms with Gasteiger partial charge in [0, 0.05) is 9.75 Å². The monoisotopic (exact) mass is 261 g/mol. The summed E-state index contributed by atoms with van der Waals surface area (Å²) < 4.78 is 13.3. The van der Waals surface area contributed by atoms with Crippen molar-refractivity contribution in [1.82, 2.24) is 0 Å². The average molecular weight is 261 g/mol. The summed E-state index contributed by atoms with van der Waals surface area (Å²) in [4.78, 5) is 2.69. The van der Waals surface area contributed by atoms with Crippen LogP contribution in [0.15, 0.2) is 24.3 Å². The number of halogens is 1. The van der Waals surface area contributed by atoms with Crippen LogP contribution in [0.3, 0.4) is 0 Å². The van der Waals surface area contributed by atoms with Gasteiger partial charge in [-0.2, -0.15) is 0 Å². The second-order valence-corrected chi connectivity index (χ2v) is 6.11. The van der Waals surface area contributed by atoms with Crippen LogP contribution in [-0.4, -0.2) is 0 Å². The highest BCUT2D eigenvalue weighted by atomic mass is 32.1. The van der Waals surface area contributed by atoms with Gasteiger partial charge in [-0.05, 0) is 55.0 Å². The molecule has 1 aliphatic carbocycles. The fourth-order valence-corrected chi connectivity index (χ4v) is 3.82. The Labute approximate surface area is 110 Å². The maximum Gasteiger partial charge on any atom is 0.126 e. The first-order chi connectivity index (χ1) is 8.65. The van der Waals surface area contributed by atoms with E-state index >= 15 is 0 Å². The maximum absolute atomic E-state index is 13.3. The molecule has 1 aliphatic rings. The lowest BCUT2D eigenvalue weighted by Gasteiger charge is -2.11. The van der Waals surface area contributed by atoms with Gasteiger partial charge in [0.2, 0.25) is 0 Å². The summed E-state index contributed by atoms with van der Waals surface area (Å²) in [6.45, 7) is 1.78. The summed E-state index contributed by atoms with van der Waals surface area (Å²) in [5, 5.41) is 0. The molecule has 0 radical (unpaired) electrons. The highest BCUT2D eigenvalue weighted by Gasteiger charge is 2.19. The van der Waals surface area contributed by atoms with E-state index in [-0.39, 0.29) is 11.9 Å². The first-order valence-electron chi connectivity index (χ1n) is 6.28. The Morgan fingerprint density at radius 1 is 1.28 bits per heavy atom. The summed E-state index contributed by atoms with van der Waals surface area (Å²) >= 11 is 1.82. The standard InChI is InChI=1S/C15H16FNS/c1-9-7-11(5-6-12(9)16)15(17)14-8-10-3-2-4-13(10)18-14/h5-8,15H,2-4,17H2,1H3. The van der Waals surface area contributed by atoms with E-state index in [4.69, 9.17) is 5.73 Å². The summed E-state index contributed by atoms with van der Waals surface area (Å²) in [5.41, 5.74) is 9.40. The summed E-state index contributed by atoms with van der Waals surface area (Å²) in [7, 11) is 0. The zero-order chi connectivity index (χ0) is 12.7. The molecular formula is C15H16FNS. The van der Waals surface area contributed by atoms with E-state index in [1.165, 1.54) is 40.6 Å². The van der Waals surface area contributed by atoms with Gasteiger partial charge in [0.25, 0.3) is 0 Å². The minimum atomic E-state index is -0.167. The van der Waals surface area contributed by atoms with Crippen LogP contribution >= 0.6 is 11.3 Å². The van der Waals surface area contributed by atoms with Crippen molar-refractivity contribution in [3.63, 3.8) is 0 Å². The van der Waals surface area contributed by atoms with Gasteiger partial charge in [0.1, 0.15) is 5.82 Å². The Morgan fingerprint density at radius 3 is 2.83 bits per heavy atom. The van der Waals surface area contributed by atoms with Crippen molar-refractivity contribution in [2.45, 2.75) is 32.2 Å². The number of thiophene rings is 1. The van der Waals surface area contributed by atoms with E-state index in [2.05, 4.69) is 6.07 Å². The lowest BCUT2D eigenvalue weighted by molar-refractivity contribution is 0.617. The quantitative estimate of drug-likeness (QED) is 0.875. The first kappa shape index (κ1) is 11.9. The van der Waals surface area contributed by atoms with Crippen molar-refractivity contribution in [2.24, 2.45) is 5.73 Å². The van der Waals surface area contributed by atoms with E-state index in [1.807, 2.05) is 17.4 Å². The normalized spacial score (nSPS) is 15.7. The molecule has 94 valence electrons. The van der Waals surface area contributed by atoms with Gasteiger partial charge in [-0.25, -0.2) is 4.39 Å². The zero-order valence-corrected chi connectivity index (χ0v) is 11.2. The second kappa shape index (κ2) is 4.48. The van der Waals surface area contributed by atoms with Crippen molar-refractivity contribution >= 4 is 11.3 Å². The Bertz CT molecular complexity index is 567. The Balaban J connectivity index is 1.93. The van der Waals surface area contributed by atoms with Gasteiger partial charge >= 0.3 is 0 Å². The molecule has 1 nitrogen and oxygen atoms in total. The summed E-state index contributed by atoms with van der Waals surface area (Å²) in [6, 6.07) is 7.25. The third kappa shape index (κ3) is 1.98. The van der Waals surface area contributed by atoms with Gasteiger partial charge < -0.3 is 5.73 Å². The van der Waals surface area contributed by atoms with Crippen LogP contribution in [0.1, 0.15) is 38.9 Å². The molecule has 2 N–H and O–H groups in total. The number of rotatable bonds is 2. The fourth-order valence-electron chi connectivity index (χ4n) is 2.53. The molecule has 0 spiro atoms. The van der Waals surface area contributed by atoms with E-state index in [1.54, 1.807) is 13.0 Å². The molecule has 1 heterocycles. The molecule has 18 heavy (non-hydrogen) atoms. The molecule has 1 unspecified atom stereocenters. The van der Waals surface area contributed by atoms with Crippen molar-refractivity contribution in [3.8, 4) is 0 Å². The Kier molecular flexibility index (Phi) is 2.96. The van der Waals surface area contributed by atoms with Crippen LogP contribution in [0, 0.1) is 12.7 Å². The molecule has 0 amide bonds. The summed E-state index contributed by atoms with van der Waals surface area (Å²) in [5.74, 6) is -0.167. The lowest BCUT2D eigenvalue weighted by atomic mass is 10.0. The van der Waals surface area contributed by atoms with Crippen LogP contribution < -0.4 is 5.73 Å². The van der Waals surface area contributed by atoms with Crippen molar-refractivity contribution in [3.05, 3.63) is 56.5 Å². The minimum Gasteiger partial charge on any atom is -0.320 e. The molecular weight excluding hydrogens is 245 g/mol. The van der Waals surface area contributed by atoms with Gasteiger partial charge in [0.15, 0.2) is 0 Å². The predicted molar refractivity (Wildman–Crippen MR) is 73.5 cm³/mol. The molecule has 3 heteroatoms. The molecule has 0 saturated heterocycles. The highest BCUT2D eigenvalue weighted by molar-refractivity contribution is 7.12. The number of aryl methyl sites for hydroxylation is 3. The average Bonchev–Trinajstić information content (AvgIpc) is 2.92. The Morgan fingerprint density at radius 2 is 2.11 bits per heavy atom. The van der Waals surface area contributed by atoms with Crippen LogP contribution in [0.5, 0.6) is 0 Å². The van der Waals surface area contributed by atoms with Crippen LogP contribution in [0.4, 0.5) is 4.39 Å². The lowest BCUT2D eigenvalue weighted by Crippen LogP contribution is -2.10. The number of fused-ring (bicyclic) bond motifs is 1. The molecule has 3 rings (SSSR count). The minimum absolute atomic E-state index is 0.125. The number of benzene rings is 1. The molecule has 1 atom stereocenters. The van der Waals surface area contributed by atoms with Crippen LogP contribution in [-0.2, 0) is 12.8 Å². The number of nitrogens with two attached hydrogens (primary N) is 1. The van der Waals surface area contributed by atoms with Gasteiger partial charge in [-0.15, -0.1) is 11.3 Å². The SMILES string of the molecule is Cc1cc(C(N)c2cc3c(s2)CCC3)ccc1F. The molecule has 0 fully saturated rings. The van der Waals surface area contributed by atoms with Gasteiger partial charge in [-0.3, -0.25) is 0 Å². The van der Waals surface area contributed by atoms with E-state index in [0.29, 0.717) is 5.56 Å². The number of hydrogen-bond donors (Lipinski definition) is 1. The van der Waals surface area contributed by atoms with Gasteiger partial charge in [0.05, 0.1) is 6.04 Å². The van der Waals surface area contributed by atoms with Crippen molar-refractivity contribution in [2.75, 3.05) is 0 Å². The van der Waals surface area contributed by atoms with Crippen LogP contribution in [0.25, 0.3) is 0 Å². The predicted octanol–water partition coefficient (Wildman–Crippen LogP) is 3.73. The molecule has 0 saturated carbocycles. The zero-order valence-electron chi connectivity index (χ0n) is 10.4.